The Labute approximate surface area is 157 Å². The fourth-order valence-electron chi connectivity index (χ4n) is 2.57. The number of oxazole rings is 1. The van der Waals surface area contributed by atoms with Crippen molar-refractivity contribution < 1.29 is 31.9 Å². The molecule has 0 aliphatic heterocycles. The molecule has 0 saturated carbocycles. The third-order valence-corrected chi connectivity index (χ3v) is 3.73. The third-order valence-electron chi connectivity index (χ3n) is 3.73. The van der Waals surface area contributed by atoms with Gasteiger partial charge in [-0.05, 0) is 18.2 Å². The summed E-state index contributed by atoms with van der Waals surface area (Å²) in [4.78, 5) is 16.1. The molecule has 1 amide bonds. The van der Waals surface area contributed by atoms with Gasteiger partial charge in [-0.3, -0.25) is 4.79 Å². The fraction of sp³-hybridized carbons (Fsp3) is 0.158. The Hall–Kier alpha value is -3.49. The molecule has 0 aliphatic carbocycles. The van der Waals surface area contributed by atoms with E-state index in [4.69, 9.17) is 9.15 Å². The molecule has 0 fully saturated rings. The van der Waals surface area contributed by atoms with Gasteiger partial charge in [-0.15, -0.1) is 13.2 Å². The quantitative estimate of drug-likeness (QED) is 0.672. The number of halogens is 3. The van der Waals surface area contributed by atoms with Crippen molar-refractivity contribution in [3.05, 3.63) is 60.6 Å². The van der Waals surface area contributed by atoms with E-state index >= 15 is 0 Å². The van der Waals surface area contributed by atoms with Crippen LogP contribution in [0.15, 0.2) is 59.5 Å². The maximum absolute atomic E-state index is 12.5. The van der Waals surface area contributed by atoms with Crippen LogP contribution in [0.5, 0.6) is 11.5 Å². The topological polar surface area (TPSA) is 73.6 Å². The van der Waals surface area contributed by atoms with E-state index in [2.05, 4.69) is 15.0 Å². The molecule has 1 heterocycles. The Bertz CT molecular complexity index is 956. The smallest absolute Gasteiger partial charge is 0.496 e. The van der Waals surface area contributed by atoms with E-state index in [1.807, 2.05) is 0 Å². The zero-order valence-corrected chi connectivity index (χ0v) is 14.6. The van der Waals surface area contributed by atoms with Crippen molar-refractivity contribution in [2.75, 3.05) is 12.4 Å². The number of rotatable bonds is 6. The molecule has 9 heteroatoms. The highest BCUT2D eigenvalue weighted by Crippen LogP contribution is 2.32. The summed E-state index contributed by atoms with van der Waals surface area (Å²) in [6.07, 6.45) is -2.33. The van der Waals surface area contributed by atoms with E-state index in [9.17, 15) is 18.0 Å². The van der Waals surface area contributed by atoms with Crippen LogP contribution < -0.4 is 14.8 Å². The molecule has 0 bridgehead atoms. The lowest BCUT2D eigenvalue weighted by Gasteiger charge is -2.13. The van der Waals surface area contributed by atoms with Crippen LogP contribution in [0.25, 0.3) is 11.3 Å². The van der Waals surface area contributed by atoms with Gasteiger partial charge in [0.1, 0.15) is 11.5 Å². The lowest BCUT2D eigenvalue weighted by atomic mass is 10.1. The van der Waals surface area contributed by atoms with E-state index < -0.39 is 18.0 Å². The molecule has 3 aromatic rings. The Morgan fingerprint density at radius 3 is 2.64 bits per heavy atom. The summed E-state index contributed by atoms with van der Waals surface area (Å²) in [6.45, 7) is 0. The van der Waals surface area contributed by atoms with E-state index in [-0.39, 0.29) is 12.0 Å². The van der Waals surface area contributed by atoms with Gasteiger partial charge in [0.15, 0.2) is 12.2 Å². The van der Waals surface area contributed by atoms with Crippen LogP contribution in [0.2, 0.25) is 0 Å². The number of hydrogen-bond donors (Lipinski definition) is 1. The van der Waals surface area contributed by atoms with Crippen molar-refractivity contribution in [1.82, 2.24) is 4.98 Å². The molecule has 0 atom stereocenters. The molecule has 3 rings (SSSR count). The van der Waals surface area contributed by atoms with Crippen molar-refractivity contribution in [1.29, 1.82) is 0 Å². The van der Waals surface area contributed by atoms with Gasteiger partial charge in [0, 0.05) is 17.3 Å². The van der Waals surface area contributed by atoms with Crippen molar-refractivity contribution in [3.8, 4) is 22.8 Å². The summed E-state index contributed by atoms with van der Waals surface area (Å²) in [5.41, 5.74) is 1.17. The number of para-hydroxylation sites is 1. The van der Waals surface area contributed by atoms with Crippen molar-refractivity contribution in [2.24, 2.45) is 0 Å². The van der Waals surface area contributed by atoms with Crippen molar-refractivity contribution in [2.45, 2.75) is 12.8 Å². The van der Waals surface area contributed by atoms with Crippen molar-refractivity contribution >= 4 is 11.6 Å². The number of nitrogens with one attached hydrogen (secondary N) is 1. The minimum Gasteiger partial charge on any atom is -0.496 e. The Kier molecular flexibility index (Phi) is 5.53. The Morgan fingerprint density at radius 1 is 1.18 bits per heavy atom. The molecule has 146 valence electrons. The largest absolute Gasteiger partial charge is 0.573 e. The summed E-state index contributed by atoms with van der Waals surface area (Å²) >= 11 is 0. The number of ether oxygens (including phenoxy) is 2. The summed E-state index contributed by atoms with van der Waals surface area (Å²) in [5.74, 6) is 0.0133. The molecular weight excluding hydrogens is 377 g/mol. The predicted octanol–water partition coefficient (Wildman–Crippen LogP) is 4.43. The molecule has 1 N–H and O–H groups in total. The Balaban J connectivity index is 1.74. The lowest BCUT2D eigenvalue weighted by Crippen LogP contribution is -2.20. The second kappa shape index (κ2) is 8.03. The number of aromatic nitrogens is 1. The van der Waals surface area contributed by atoms with Gasteiger partial charge >= 0.3 is 6.36 Å². The molecule has 6 nitrogen and oxygen atoms in total. The SMILES string of the molecule is COc1cc(NC(=O)Cc2ccccc2OC(F)(F)F)ccc1-c1cnco1. The normalized spacial score (nSPS) is 11.1. The summed E-state index contributed by atoms with van der Waals surface area (Å²) in [7, 11) is 1.46. The fourth-order valence-corrected chi connectivity index (χ4v) is 2.57. The maximum Gasteiger partial charge on any atom is 0.573 e. The lowest BCUT2D eigenvalue weighted by molar-refractivity contribution is -0.274. The van der Waals surface area contributed by atoms with Crippen LogP contribution in [0.3, 0.4) is 0 Å². The number of alkyl halides is 3. The molecule has 1 aromatic heterocycles. The molecule has 0 aliphatic rings. The van der Waals surface area contributed by atoms with E-state index in [0.717, 1.165) is 6.07 Å². The first-order valence-corrected chi connectivity index (χ1v) is 8.06. The minimum atomic E-state index is -4.84. The van der Waals surface area contributed by atoms with Crippen LogP contribution in [-0.4, -0.2) is 24.4 Å². The van der Waals surface area contributed by atoms with E-state index in [1.54, 1.807) is 18.2 Å². The molecule has 0 spiro atoms. The summed E-state index contributed by atoms with van der Waals surface area (Å²) in [5, 5.41) is 2.63. The van der Waals surface area contributed by atoms with E-state index in [0.29, 0.717) is 22.8 Å². The number of methoxy groups -OCH3 is 1. The van der Waals surface area contributed by atoms with Gasteiger partial charge in [0.2, 0.25) is 5.91 Å². The standard InChI is InChI=1S/C19H15F3N2O4/c1-26-16-9-13(6-7-14(16)17-10-23-11-27-17)24-18(25)8-12-4-2-3-5-15(12)28-19(20,21)22/h2-7,9-11H,8H2,1H3,(H,24,25). The highest BCUT2D eigenvalue weighted by molar-refractivity contribution is 5.93. The minimum absolute atomic E-state index is 0.113. The van der Waals surface area contributed by atoms with Crippen LogP contribution in [0, 0.1) is 0 Å². The average molecular weight is 392 g/mol. The highest BCUT2D eigenvalue weighted by Gasteiger charge is 2.32. The Morgan fingerprint density at radius 2 is 1.96 bits per heavy atom. The van der Waals surface area contributed by atoms with Gasteiger partial charge in [0.25, 0.3) is 0 Å². The third kappa shape index (κ3) is 4.81. The van der Waals surface area contributed by atoms with Gasteiger partial charge in [-0.2, -0.15) is 0 Å². The van der Waals surface area contributed by atoms with Crippen LogP contribution in [0.1, 0.15) is 5.56 Å². The summed E-state index contributed by atoms with van der Waals surface area (Å²) < 4.78 is 52.0. The van der Waals surface area contributed by atoms with Gasteiger partial charge in [-0.1, -0.05) is 18.2 Å². The first kappa shape index (κ1) is 19.3. The van der Waals surface area contributed by atoms with Crippen LogP contribution >= 0.6 is 0 Å². The van der Waals surface area contributed by atoms with Crippen molar-refractivity contribution in [3.63, 3.8) is 0 Å². The first-order valence-electron chi connectivity index (χ1n) is 8.06. The van der Waals surface area contributed by atoms with Gasteiger partial charge in [-0.25, -0.2) is 4.98 Å². The van der Waals surface area contributed by atoms with Crippen LogP contribution in [0.4, 0.5) is 18.9 Å². The molecule has 0 saturated heterocycles. The number of carbonyl (C=O) groups is 1. The first-order chi connectivity index (χ1) is 13.4. The number of hydrogen-bond acceptors (Lipinski definition) is 5. The number of anilines is 1. The molecule has 28 heavy (non-hydrogen) atoms. The van der Waals surface area contributed by atoms with Gasteiger partial charge < -0.3 is 19.2 Å². The molecular formula is C19H15F3N2O4. The number of nitrogens with zero attached hydrogens (tertiary/aromatic N) is 1. The second-order valence-electron chi connectivity index (χ2n) is 5.66. The molecule has 0 radical (unpaired) electrons. The van der Waals surface area contributed by atoms with Gasteiger partial charge in [0.05, 0.1) is 25.3 Å². The average Bonchev–Trinajstić information content (AvgIpc) is 3.16. The highest BCUT2D eigenvalue weighted by atomic mass is 19.4. The number of benzene rings is 2. The predicted molar refractivity (Wildman–Crippen MR) is 93.9 cm³/mol. The molecule has 2 aromatic carbocycles. The van der Waals surface area contributed by atoms with Crippen LogP contribution in [-0.2, 0) is 11.2 Å². The maximum atomic E-state index is 12.5. The zero-order chi connectivity index (χ0) is 20.1. The number of amides is 1. The monoisotopic (exact) mass is 392 g/mol. The zero-order valence-electron chi connectivity index (χ0n) is 14.6. The number of carbonyl (C=O) groups excluding carboxylic acids is 1. The molecule has 0 unspecified atom stereocenters. The summed E-state index contributed by atoms with van der Waals surface area (Å²) in [6, 6.07) is 10.4. The second-order valence-corrected chi connectivity index (χ2v) is 5.66. The van der Waals surface area contributed by atoms with E-state index in [1.165, 1.54) is 37.9 Å².